The van der Waals surface area contributed by atoms with Gasteiger partial charge in [-0.25, -0.2) is 4.98 Å². The minimum Gasteiger partial charge on any atom is -0.369 e. The molecule has 1 atom stereocenters. The SMILES string of the molecule is O=C1COCC(C(=O)N2CCN(c3ccccn3)CC2)N1. The molecule has 112 valence electrons. The first-order chi connectivity index (χ1) is 10.2. The van der Waals surface area contributed by atoms with Crippen LogP contribution in [-0.4, -0.2) is 67.1 Å². The van der Waals surface area contributed by atoms with Crippen LogP contribution in [0.5, 0.6) is 0 Å². The van der Waals surface area contributed by atoms with Gasteiger partial charge in [-0.2, -0.15) is 0 Å². The van der Waals surface area contributed by atoms with Gasteiger partial charge < -0.3 is 19.9 Å². The Balaban J connectivity index is 1.55. The smallest absolute Gasteiger partial charge is 0.247 e. The van der Waals surface area contributed by atoms with Crippen molar-refractivity contribution in [2.75, 3.05) is 44.3 Å². The van der Waals surface area contributed by atoms with Crippen LogP contribution in [0.2, 0.25) is 0 Å². The number of morpholine rings is 1. The molecule has 1 aromatic heterocycles. The quantitative estimate of drug-likeness (QED) is 0.775. The van der Waals surface area contributed by atoms with Crippen molar-refractivity contribution in [1.82, 2.24) is 15.2 Å². The summed E-state index contributed by atoms with van der Waals surface area (Å²) in [6.45, 7) is 3.03. The molecule has 3 heterocycles. The van der Waals surface area contributed by atoms with Crippen molar-refractivity contribution in [2.45, 2.75) is 6.04 Å². The molecular weight excluding hydrogens is 272 g/mol. The maximum Gasteiger partial charge on any atom is 0.247 e. The van der Waals surface area contributed by atoms with Crippen LogP contribution in [0.3, 0.4) is 0 Å². The number of hydrogen-bond acceptors (Lipinski definition) is 5. The molecule has 0 aromatic carbocycles. The van der Waals surface area contributed by atoms with Crippen molar-refractivity contribution in [3.63, 3.8) is 0 Å². The summed E-state index contributed by atoms with van der Waals surface area (Å²) < 4.78 is 5.12. The van der Waals surface area contributed by atoms with Gasteiger partial charge in [0.15, 0.2) is 0 Å². The third-order valence-electron chi connectivity index (χ3n) is 3.72. The van der Waals surface area contributed by atoms with Crippen LogP contribution in [0.1, 0.15) is 0 Å². The van der Waals surface area contributed by atoms with Gasteiger partial charge in [0.2, 0.25) is 11.8 Å². The number of rotatable bonds is 2. The lowest BCUT2D eigenvalue weighted by molar-refractivity contribution is -0.144. The van der Waals surface area contributed by atoms with Gasteiger partial charge in [-0.1, -0.05) is 6.07 Å². The zero-order chi connectivity index (χ0) is 14.7. The van der Waals surface area contributed by atoms with Gasteiger partial charge >= 0.3 is 0 Å². The number of ether oxygens (including phenoxy) is 1. The second-order valence-electron chi connectivity index (χ2n) is 5.14. The highest BCUT2D eigenvalue weighted by Gasteiger charge is 2.31. The van der Waals surface area contributed by atoms with E-state index in [9.17, 15) is 9.59 Å². The summed E-state index contributed by atoms with van der Waals surface area (Å²) in [5, 5.41) is 2.68. The normalized spacial score (nSPS) is 22.9. The fourth-order valence-electron chi connectivity index (χ4n) is 2.60. The topological polar surface area (TPSA) is 74.8 Å². The minimum absolute atomic E-state index is 0.0389. The Morgan fingerprint density at radius 3 is 2.76 bits per heavy atom. The predicted octanol–water partition coefficient (Wildman–Crippen LogP) is -0.755. The Bertz CT molecular complexity index is 514. The summed E-state index contributed by atoms with van der Waals surface area (Å²) in [5.41, 5.74) is 0. The van der Waals surface area contributed by atoms with E-state index in [-0.39, 0.29) is 25.0 Å². The molecule has 1 unspecified atom stereocenters. The van der Waals surface area contributed by atoms with Gasteiger partial charge in [0.25, 0.3) is 0 Å². The van der Waals surface area contributed by atoms with Gasteiger partial charge in [-0.3, -0.25) is 9.59 Å². The van der Waals surface area contributed by atoms with Crippen molar-refractivity contribution < 1.29 is 14.3 Å². The maximum absolute atomic E-state index is 12.3. The monoisotopic (exact) mass is 290 g/mol. The minimum atomic E-state index is -0.548. The number of amides is 2. The molecule has 2 fully saturated rings. The standard InChI is InChI=1S/C14H18N4O3/c19-13-10-21-9-11(16-13)14(20)18-7-5-17(6-8-18)12-3-1-2-4-15-12/h1-4,11H,5-10H2,(H,16,19). The molecule has 21 heavy (non-hydrogen) atoms. The van der Waals surface area contributed by atoms with E-state index in [4.69, 9.17) is 4.74 Å². The van der Waals surface area contributed by atoms with Gasteiger partial charge in [0.05, 0.1) is 6.61 Å². The van der Waals surface area contributed by atoms with Crippen molar-refractivity contribution in [3.8, 4) is 0 Å². The number of carbonyl (C=O) groups excluding carboxylic acids is 2. The van der Waals surface area contributed by atoms with E-state index >= 15 is 0 Å². The number of aromatic nitrogens is 1. The maximum atomic E-state index is 12.3. The van der Waals surface area contributed by atoms with Gasteiger partial charge in [-0.15, -0.1) is 0 Å². The van der Waals surface area contributed by atoms with Crippen molar-refractivity contribution in [1.29, 1.82) is 0 Å². The number of hydrogen-bond donors (Lipinski definition) is 1. The first kappa shape index (κ1) is 13.8. The molecule has 2 saturated heterocycles. The summed E-state index contributed by atoms with van der Waals surface area (Å²) in [7, 11) is 0. The van der Waals surface area contributed by atoms with Crippen LogP contribution in [0, 0.1) is 0 Å². The highest BCUT2D eigenvalue weighted by atomic mass is 16.5. The van der Waals surface area contributed by atoms with Crippen LogP contribution in [0.15, 0.2) is 24.4 Å². The zero-order valence-electron chi connectivity index (χ0n) is 11.7. The highest BCUT2D eigenvalue weighted by molar-refractivity contribution is 5.89. The summed E-state index contributed by atoms with van der Waals surface area (Å²) in [5.74, 6) is 0.634. The number of carbonyl (C=O) groups is 2. The summed E-state index contributed by atoms with van der Waals surface area (Å²) in [6, 6.07) is 5.25. The van der Waals surface area contributed by atoms with Crippen LogP contribution >= 0.6 is 0 Å². The number of nitrogens with one attached hydrogen (secondary N) is 1. The third-order valence-corrected chi connectivity index (χ3v) is 3.72. The Morgan fingerprint density at radius 2 is 2.10 bits per heavy atom. The highest BCUT2D eigenvalue weighted by Crippen LogP contribution is 2.13. The number of pyridine rings is 1. The largest absolute Gasteiger partial charge is 0.369 e. The number of anilines is 1. The second kappa shape index (κ2) is 6.09. The van der Waals surface area contributed by atoms with E-state index in [1.807, 2.05) is 18.2 Å². The van der Waals surface area contributed by atoms with E-state index in [1.54, 1.807) is 11.1 Å². The van der Waals surface area contributed by atoms with Gasteiger partial charge in [0, 0.05) is 32.4 Å². The molecule has 0 bridgehead atoms. The Hall–Kier alpha value is -2.15. The molecule has 2 aliphatic rings. The van der Waals surface area contributed by atoms with Gasteiger partial charge in [0.1, 0.15) is 18.5 Å². The Kier molecular flexibility index (Phi) is 4.01. The number of piperazine rings is 1. The molecule has 2 amide bonds. The average molecular weight is 290 g/mol. The number of nitrogens with zero attached hydrogens (tertiary/aromatic N) is 3. The molecular formula is C14H18N4O3. The second-order valence-corrected chi connectivity index (χ2v) is 5.14. The van der Waals surface area contributed by atoms with Crippen LogP contribution < -0.4 is 10.2 Å². The third kappa shape index (κ3) is 3.13. The van der Waals surface area contributed by atoms with Crippen molar-refractivity contribution >= 4 is 17.6 Å². The summed E-state index contributed by atoms with van der Waals surface area (Å²) in [6.07, 6.45) is 1.77. The van der Waals surface area contributed by atoms with Crippen LogP contribution in [0.25, 0.3) is 0 Å². The first-order valence-corrected chi connectivity index (χ1v) is 7.06. The molecule has 7 heteroatoms. The lowest BCUT2D eigenvalue weighted by atomic mass is 10.2. The lowest BCUT2D eigenvalue weighted by Gasteiger charge is -2.37. The first-order valence-electron chi connectivity index (χ1n) is 7.06. The van der Waals surface area contributed by atoms with Crippen molar-refractivity contribution in [3.05, 3.63) is 24.4 Å². The zero-order valence-corrected chi connectivity index (χ0v) is 11.7. The van der Waals surface area contributed by atoms with Crippen LogP contribution in [-0.2, 0) is 14.3 Å². The summed E-state index contributed by atoms with van der Waals surface area (Å²) >= 11 is 0. The van der Waals surface area contributed by atoms with E-state index in [1.165, 1.54) is 0 Å². The molecule has 1 N–H and O–H groups in total. The van der Waals surface area contributed by atoms with E-state index < -0.39 is 6.04 Å². The predicted molar refractivity (Wildman–Crippen MR) is 75.8 cm³/mol. The Morgan fingerprint density at radius 1 is 1.29 bits per heavy atom. The fourth-order valence-corrected chi connectivity index (χ4v) is 2.60. The molecule has 0 aliphatic carbocycles. The van der Waals surface area contributed by atoms with E-state index in [0.29, 0.717) is 13.1 Å². The Labute approximate surface area is 122 Å². The van der Waals surface area contributed by atoms with Gasteiger partial charge in [-0.05, 0) is 12.1 Å². The molecule has 1 aromatic rings. The molecule has 0 radical (unpaired) electrons. The van der Waals surface area contributed by atoms with E-state index in [2.05, 4.69) is 15.2 Å². The summed E-state index contributed by atoms with van der Waals surface area (Å²) in [4.78, 5) is 31.9. The molecule has 2 aliphatic heterocycles. The van der Waals surface area contributed by atoms with Crippen molar-refractivity contribution in [2.24, 2.45) is 0 Å². The van der Waals surface area contributed by atoms with Crippen LogP contribution in [0.4, 0.5) is 5.82 Å². The fraction of sp³-hybridized carbons (Fsp3) is 0.500. The molecule has 0 spiro atoms. The average Bonchev–Trinajstić information content (AvgIpc) is 2.55. The lowest BCUT2D eigenvalue weighted by Crippen LogP contribution is -2.58. The van der Waals surface area contributed by atoms with E-state index in [0.717, 1.165) is 18.9 Å². The molecule has 3 rings (SSSR count). The molecule has 7 nitrogen and oxygen atoms in total. The molecule has 0 saturated carbocycles.